The van der Waals surface area contributed by atoms with Crippen LogP contribution in [-0.2, 0) is 22.7 Å². The first-order chi connectivity index (χ1) is 11.6. The average Bonchev–Trinajstić information content (AvgIpc) is 2.57. The first kappa shape index (κ1) is 17.9. The van der Waals surface area contributed by atoms with E-state index in [0.29, 0.717) is 26.1 Å². The number of hydrogen-bond acceptors (Lipinski definition) is 3. The number of amides is 2. The fraction of sp³-hybridized carbons (Fsp3) is 0.300. The SMILES string of the molecule is CC(=O)N(Cc1ccccc1)C(=O)CCNCc1cccc(C)c1. The van der Waals surface area contributed by atoms with Crippen LogP contribution in [0.2, 0.25) is 0 Å². The molecule has 0 aliphatic carbocycles. The molecule has 0 aliphatic heterocycles. The molecule has 0 bridgehead atoms. The number of imide groups is 1. The first-order valence-electron chi connectivity index (χ1n) is 8.17. The van der Waals surface area contributed by atoms with Gasteiger partial charge in [0.1, 0.15) is 0 Å². The molecular weight excluding hydrogens is 300 g/mol. The summed E-state index contributed by atoms with van der Waals surface area (Å²) in [5.41, 5.74) is 3.36. The number of hydrogen-bond donors (Lipinski definition) is 1. The molecule has 2 rings (SSSR count). The highest BCUT2D eigenvalue weighted by Crippen LogP contribution is 2.07. The van der Waals surface area contributed by atoms with Crippen molar-refractivity contribution in [1.82, 2.24) is 10.2 Å². The molecule has 24 heavy (non-hydrogen) atoms. The maximum Gasteiger partial charge on any atom is 0.230 e. The molecule has 0 saturated heterocycles. The van der Waals surface area contributed by atoms with Gasteiger partial charge in [0.25, 0.3) is 0 Å². The van der Waals surface area contributed by atoms with Crippen LogP contribution < -0.4 is 5.32 Å². The lowest BCUT2D eigenvalue weighted by Crippen LogP contribution is -2.36. The minimum atomic E-state index is -0.220. The second kappa shape index (κ2) is 8.99. The molecule has 0 spiro atoms. The monoisotopic (exact) mass is 324 g/mol. The van der Waals surface area contributed by atoms with Crippen molar-refractivity contribution in [1.29, 1.82) is 0 Å². The number of carbonyl (C=O) groups excluding carboxylic acids is 2. The Morgan fingerprint density at radius 2 is 1.71 bits per heavy atom. The van der Waals surface area contributed by atoms with E-state index in [1.165, 1.54) is 23.0 Å². The van der Waals surface area contributed by atoms with Crippen molar-refractivity contribution in [3.8, 4) is 0 Å². The number of benzene rings is 2. The highest BCUT2D eigenvalue weighted by molar-refractivity contribution is 5.94. The van der Waals surface area contributed by atoms with Gasteiger partial charge in [-0.15, -0.1) is 0 Å². The zero-order chi connectivity index (χ0) is 17.4. The lowest BCUT2D eigenvalue weighted by atomic mass is 10.1. The van der Waals surface area contributed by atoms with E-state index < -0.39 is 0 Å². The number of nitrogens with one attached hydrogen (secondary N) is 1. The predicted octanol–water partition coefficient (Wildman–Crippen LogP) is 3.05. The molecule has 0 aliphatic rings. The number of nitrogens with zero attached hydrogens (tertiary/aromatic N) is 1. The van der Waals surface area contributed by atoms with Gasteiger partial charge in [-0.2, -0.15) is 0 Å². The molecule has 0 aromatic heterocycles. The summed E-state index contributed by atoms with van der Waals surface area (Å²) in [6.45, 7) is 5.08. The molecule has 0 atom stereocenters. The van der Waals surface area contributed by atoms with Crippen LogP contribution in [-0.4, -0.2) is 23.3 Å². The van der Waals surface area contributed by atoms with Crippen LogP contribution in [0.25, 0.3) is 0 Å². The molecule has 2 aromatic carbocycles. The standard InChI is InChI=1S/C20H24N2O2/c1-16-7-6-10-19(13-16)14-21-12-11-20(24)22(17(2)23)15-18-8-4-3-5-9-18/h3-10,13,21H,11-12,14-15H2,1-2H3. The van der Waals surface area contributed by atoms with E-state index in [2.05, 4.69) is 30.4 Å². The van der Waals surface area contributed by atoms with E-state index in [1.807, 2.05) is 36.4 Å². The van der Waals surface area contributed by atoms with Gasteiger partial charge in [-0.3, -0.25) is 14.5 Å². The van der Waals surface area contributed by atoms with Crippen molar-refractivity contribution < 1.29 is 9.59 Å². The Labute approximate surface area is 143 Å². The smallest absolute Gasteiger partial charge is 0.230 e. The van der Waals surface area contributed by atoms with Crippen LogP contribution >= 0.6 is 0 Å². The summed E-state index contributed by atoms with van der Waals surface area (Å²) in [6.07, 6.45) is 0.304. The molecule has 0 fully saturated rings. The molecular formula is C20H24N2O2. The normalized spacial score (nSPS) is 10.4. The summed E-state index contributed by atoms with van der Waals surface area (Å²) >= 11 is 0. The van der Waals surface area contributed by atoms with Crippen molar-refractivity contribution in [2.45, 2.75) is 33.4 Å². The molecule has 2 amide bonds. The third-order valence-electron chi connectivity index (χ3n) is 3.79. The molecule has 0 unspecified atom stereocenters. The number of rotatable bonds is 7. The van der Waals surface area contributed by atoms with Crippen molar-refractivity contribution >= 4 is 11.8 Å². The fourth-order valence-electron chi connectivity index (χ4n) is 2.53. The average molecular weight is 324 g/mol. The van der Waals surface area contributed by atoms with E-state index in [9.17, 15) is 9.59 Å². The van der Waals surface area contributed by atoms with Crippen molar-refractivity contribution in [3.05, 3.63) is 71.3 Å². The number of carbonyl (C=O) groups is 2. The van der Waals surface area contributed by atoms with Crippen LogP contribution in [0.5, 0.6) is 0 Å². The molecule has 0 heterocycles. The highest BCUT2D eigenvalue weighted by atomic mass is 16.2. The van der Waals surface area contributed by atoms with Crippen LogP contribution in [0.4, 0.5) is 0 Å². The maximum atomic E-state index is 12.3. The van der Waals surface area contributed by atoms with Gasteiger partial charge < -0.3 is 5.32 Å². The Balaban J connectivity index is 1.81. The molecule has 1 N–H and O–H groups in total. The third kappa shape index (κ3) is 5.63. The van der Waals surface area contributed by atoms with E-state index in [0.717, 1.165) is 5.56 Å². The van der Waals surface area contributed by atoms with E-state index in [4.69, 9.17) is 0 Å². The lowest BCUT2D eigenvalue weighted by Gasteiger charge is -2.19. The van der Waals surface area contributed by atoms with Crippen molar-refractivity contribution in [3.63, 3.8) is 0 Å². The van der Waals surface area contributed by atoms with Gasteiger partial charge in [-0.05, 0) is 18.1 Å². The Morgan fingerprint density at radius 3 is 2.38 bits per heavy atom. The zero-order valence-corrected chi connectivity index (χ0v) is 14.3. The lowest BCUT2D eigenvalue weighted by molar-refractivity contribution is -0.144. The second-order valence-electron chi connectivity index (χ2n) is 5.90. The Morgan fingerprint density at radius 1 is 1.00 bits per heavy atom. The van der Waals surface area contributed by atoms with Gasteiger partial charge in [0.05, 0.1) is 6.54 Å². The van der Waals surface area contributed by atoms with Gasteiger partial charge in [0.2, 0.25) is 11.8 Å². The van der Waals surface area contributed by atoms with Gasteiger partial charge in [-0.25, -0.2) is 0 Å². The zero-order valence-electron chi connectivity index (χ0n) is 14.3. The van der Waals surface area contributed by atoms with Crippen molar-refractivity contribution in [2.75, 3.05) is 6.54 Å². The van der Waals surface area contributed by atoms with Crippen LogP contribution in [0, 0.1) is 6.92 Å². The Bertz CT molecular complexity index is 683. The Kier molecular flexibility index (Phi) is 6.70. The minimum Gasteiger partial charge on any atom is -0.312 e. The van der Waals surface area contributed by atoms with Gasteiger partial charge in [-0.1, -0.05) is 60.2 Å². The summed E-state index contributed by atoms with van der Waals surface area (Å²) in [6, 6.07) is 17.8. The predicted molar refractivity (Wildman–Crippen MR) is 95.2 cm³/mol. The van der Waals surface area contributed by atoms with Gasteiger partial charge in [0.15, 0.2) is 0 Å². The molecule has 2 aromatic rings. The molecule has 0 radical (unpaired) electrons. The quantitative estimate of drug-likeness (QED) is 0.796. The minimum absolute atomic E-state index is 0.150. The van der Waals surface area contributed by atoms with Gasteiger partial charge in [0, 0.05) is 26.4 Å². The summed E-state index contributed by atoms with van der Waals surface area (Å²) in [5.74, 6) is -0.370. The van der Waals surface area contributed by atoms with E-state index in [-0.39, 0.29) is 11.8 Å². The second-order valence-corrected chi connectivity index (χ2v) is 5.90. The Hall–Kier alpha value is -2.46. The summed E-state index contributed by atoms with van der Waals surface area (Å²) in [4.78, 5) is 25.4. The fourth-order valence-corrected chi connectivity index (χ4v) is 2.53. The number of aryl methyl sites for hydroxylation is 1. The third-order valence-corrected chi connectivity index (χ3v) is 3.79. The summed E-state index contributed by atoms with van der Waals surface area (Å²) in [5, 5.41) is 3.26. The van der Waals surface area contributed by atoms with Gasteiger partial charge >= 0.3 is 0 Å². The molecule has 4 nitrogen and oxygen atoms in total. The summed E-state index contributed by atoms with van der Waals surface area (Å²) < 4.78 is 0. The first-order valence-corrected chi connectivity index (χ1v) is 8.17. The largest absolute Gasteiger partial charge is 0.312 e. The van der Waals surface area contributed by atoms with Crippen molar-refractivity contribution in [2.24, 2.45) is 0 Å². The van der Waals surface area contributed by atoms with Crippen LogP contribution in [0.3, 0.4) is 0 Å². The van der Waals surface area contributed by atoms with Crippen LogP contribution in [0.15, 0.2) is 54.6 Å². The molecule has 4 heteroatoms. The highest BCUT2D eigenvalue weighted by Gasteiger charge is 2.17. The van der Waals surface area contributed by atoms with Crippen LogP contribution in [0.1, 0.15) is 30.0 Å². The van der Waals surface area contributed by atoms with E-state index in [1.54, 1.807) is 0 Å². The summed E-state index contributed by atoms with van der Waals surface area (Å²) in [7, 11) is 0. The molecule has 126 valence electrons. The van der Waals surface area contributed by atoms with E-state index >= 15 is 0 Å². The topological polar surface area (TPSA) is 49.4 Å². The maximum absolute atomic E-state index is 12.3. The molecule has 0 saturated carbocycles.